The second-order valence-electron chi connectivity index (χ2n) is 8.61. The molecular formula is C22H23F3N6. The van der Waals surface area contributed by atoms with Crippen molar-refractivity contribution < 1.29 is 13.2 Å². The van der Waals surface area contributed by atoms with Gasteiger partial charge >= 0.3 is 6.18 Å². The van der Waals surface area contributed by atoms with E-state index >= 15 is 0 Å². The van der Waals surface area contributed by atoms with Crippen molar-refractivity contribution in [3.8, 4) is 11.5 Å². The van der Waals surface area contributed by atoms with Crippen molar-refractivity contribution in [2.24, 2.45) is 0 Å². The number of nitrogens with zero attached hydrogens (tertiary/aromatic N) is 4. The van der Waals surface area contributed by atoms with Gasteiger partial charge in [-0.3, -0.25) is 4.98 Å². The summed E-state index contributed by atoms with van der Waals surface area (Å²) in [5.74, 6) is 1.52. The van der Waals surface area contributed by atoms with Gasteiger partial charge in [0.1, 0.15) is 23.0 Å². The molecule has 0 spiro atoms. The third-order valence-corrected chi connectivity index (χ3v) is 4.55. The van der Waals surface area contributed by atoms with Crippen LogP contribution in [0.2, 0.25) is 0 Å². The highest BCUT2D eigenvalue weighted by molar-refractivity contribution is 5.64. The Morgan fingerprint density at radius 1 is 0.935 bits per heavy atom. The first kappa shape index (κ1) is 21.0. The summed E-state index contributed by atoms with van der Waals surface area (Å²) in [6.07, 6.45) is -0.542. The molecule has 31 heavy (non-hydrogen) atoms. The zero-order valence-corrected chi connectivity index (χ0v) is 17.5. The third kappa shape index (κ3) is 5.48. The first-order valence-corrected chi connectivity index (χ1v) is 10.0. The first-order chi connectivity index (χ1) is 14.6. The Morgan fingerprint density at radius 3 is 2.35 bits per heavy atom. The fourth-order valence-corrected chi connectivity index (χ4v) is 3.07. The minimum Gasteiger partial charge on any atom is -0.365 e. The zero-order chi connectivity index (χ0) is 22.2. The lowest BCUT2D eigenvalue weighted by Crippen LogP contribution is -2.27. The maximum Gasteiger partial charge on any atom is 0.433 e. The highest BCUT2D eigenvalue weighted by atomic mass is 19.4. The number of alkyl halides is 3. The summed E-state index contributed by atoms with van der Waals surface area (Å²) in [6, 6.07) is 9.21. The zero-order valence-electron chi connectivity index (χ0n) is 17.5. The topological polar surface area (TPSA) is 75.6 Å². The molecule has 0 unspecified atom stereocenters. The summed E-state index contributed by atoms with van der Waals surface area (Å²) in [7, 11) is 0. The molecule has 9 heteroatoms. The van der Waals surface area contributed by atoms with Crippen LogP contribution in [-0.2, 0) is 6.18 Å². The van der Waals surface area contributed by atoms with E-state index in [1.165, 1.54) is 12.1 Å². The van der Waals surface area contributed by atoms with Gasteiger partial charge in [0.25, 0.3) is 0 Å². The number of pyridine rings is 2. The molecule has 1 saturated carbocycles. The molecule has 0 saturated heterocycles. The number of hydrogen-bond donors (Lipinski definition) is 2. The van der Waals surface area contributed by atoms with Crippen LogP contribution < -0.4 is 10.6 Å². The van der Waals surface area contributed by atoms with Crippen LogP contribution in [0.15, 0.2) is 42.6 Å². The van der Waals surface area contributed by atoms with Gasteiger partial charge in [0.05, 0.1) is 0 Å². The number of nitrogens with one attached hydrogen (secondary N) is 2. The summed E-state index contributed by atoms with van der Waals surface area (Å²) in [4.78, 5) is 17.0. The number of hydrogen-bond acceptors (Lipinski definition) is 6. The maximum atomic E-state index is 13.1. The molecule has 3 aromatic rings. The van der Waals surface area contributed by atoms with E-state index < -0.39 is 11.9 Å². The molecule has 0 aliphatic heterocycles. The van der Waals surface area contributed by atoms with Gasteiger partial charge in [0.2, 0.25) is 0 Å². The third-order valence-electron chi connectivity index (χ3n) is 4.55. The lowest BCUT2D eigenvalue weighted by atomic mass is 10.1. The minimum atomic E-state index is -4.55. The molecule has 162 valence electrons. The number of aromatic nitrogens is 4. The monoisotopic (exact) mass is 428 g/mol. The molecule has 0 bridgehead atoms. The van der Waals surface area contributed by atoms with E-state index in [9.17, 15) is 13.2 Å². The van der Waals surface area contributed by atoms with Crippen LogP contribution in [-0.4, -0.2) is 25.5 Å². The van der Waals surface area contributed by atoms with Gasteiger partial charge in [-0.1, -0.05) is 6.07 Å². The maximum absolute atomic E-state index is 13.1. The first-order valence-electron chi connectivity index (χ1n) is 10.0. The van der Waals surface area contributed by atoms with Gasteiger partial charge in [-0.05, 0) is 57.9 Å². The summed E-state index contributed by atoms with van der Waals surface area (Å²) >= 11 is 0. The second-order valence-corrected chi connectivity index (χ2v) is 8.61. The summed E-state index contributed by atoms with van der Waals surface area (Å²) in [5, 5.41) is 6.48. The average Bonchev–Trinajstić information content (AvgIpc) is 3.51. The predicted octanol–water partition coefficient (Wildman–Crippen LogP) is 5.78. The SMILES string of the molecule is CC(C)(C)Nc1cc(Nc2ccnc(C3CC3)c2)nc(-c2cccc(C(F)(F)F)n2)n1. The molecule has 0 aromatic carbocycles. The molecule has 1 aliphatic carbocycles. The molecule has 3 aromatic heterocycles. The largest absolute Gasteiger partial charge is 0.433 e. The van der Waals surface area contributed by atoms with Crippen molar-refractivity contribution >= 4 is 17.3 Å². The van der Waals surface area contributed by atoms with E-state index in [0.29, 0.717) is 17.6 Å². The molecule has 6 nitrogen and oxygen atoms in total. The molecule has 0 amide bonds. The Morgan fingerprint density at radius 2 is 1.68 bits per heavy atom. The van der Waals surface area contributed by atoms with Gasteiger partial charge in [-0.25, -0.2) is 15.0 Å². The quantitative estimate of drug-likeness (QED) is 0.536. The van der Waals surface area contributed by atoms with Crippen LogP contribution in [0.5, 0.6) is 0 Å². The number of anilines is 3. The fraction of sp³-hybridized carbons (Fsp3) is 0.364. The van der Waals surface area contributed by atoms with E-state index in [1.54, 1.807) is 12.3 Å². The summed E-state index contributed by atoms with van der Waals surface area (Å²) in [6.45, 7) is 5.90. The van der Waals surface area contributed by atoms with Crippen LogP contribution in [0, 0.1) is 0 Å². The molecule has 1 fully saturated rings. The van der Waals surface area contributed by atoms with Gasteiger partial charge < -0.3 is 10.6 Å². The predicted molar refractivity (Wildman–Crippen MR) is 113 cm³/mol. The summed E-state index contributed by atoms with van der Waals surface area (Å²) in [5.41, 5.74) is 0.580. The van der Waals surface area contributed by atoms with Crippen LogP contribution in [0.4, 0.5) is 30.5 Å². The van der Waals surface area contributed by atoms with Gasteiger partial charge in [0.15, 0.2) is 5.82 Å². The highest BCUT2D eigenvalue weighted by Crippen LogP contribution is 2.39. The van der Waals surface area contributed by atoms with Gasteiger partial charge in [0, 0.05) is 35.1 Å². The van der Waals surface area contributed by atoms with Crippen molar-refractivity contribution in [1.82, 2.24) is 19.9 Å². The number of rotatable bonds is 5. The Bertz CT molecular complexity index is 1090. The van der Waals surface area contributed by atoms with Crippen LogP contribution in [0.3, 0.4) is 0 Å². The Balaban J connectivity index is 1.72. The van der Waals surface area contributed by atoms with Crippen molar-refractivity contribution in [3.05, 3.63) is 54.0 Å². The Kier molecular flexibility index (Phi) is 5.28. The van der Waals surface area contributed by atoms with Crippen molar-refractivity contribution in [1.29, 1.82) is 0 Å². The second kappa shape index (κ2) is 7.79. The van der Waals surface area contributed by atoms with E-state index in [0.717, 1.165) is 30.3 Å². The van der Waals surface area contributed by atoms with E-state index in [-0.39, 0.29) is 17.1 Å². The molecule has 0 atom stereocenters. The molecule has 0 radical (unpaired) electrons. The Hall–Kier alpha value is -3.23. The van der Waals surface area contributed by atoms with Crippen LogP contribution in [0.25, 0.3) is 11.5 Å². The lowest BCUT2D eigenvalue weighted by Gasteiger charge is -2.22. The van der Waals surface area contributed by atoms with Crippen molar-refractivity contribution in [2.45, 2.75) is 51.2 Å². The molecule has 2 N–H and O–H groups in total. The lowest BCUT2D eigenvalue weighted by molar-refractivity contribution is -0.141. The van der Waals surface area contributed by atoms with E-state index in [1.807, 2.05) is 32.9 Å². The van der Waals surface area contributed by atoms with Gasteiger partial charge in [-0.2, -0.15) is 13.2 Å². The number of halogens is 3. The summed E-state index contributed by atoms with van der Waals surface area (Å²) < 4.78 is 39.4. The molecule has 4 rings (SSSR count). The molecule has 3 heterocycles. The molecular weight excluding hydrogens is 405 g/mol. The van der Waals surface area contributed by atoms with Gasteiger partial charge in [-0.15, -0.1) is 0 Å². The van der Waals surface area contributed by atoms with Crippen LogP contribution in [0.1, 0.15) is 50.9 Å². The minimum absolute atomic E-state index is 0.0452. The van der Waals surface area contributed by atoms with Crippen LogP contribution >= 0.6 is 0 Å². The molecule has 1 aliphatic rings. The van der Waals surface area contributed by atoms with Crippen molar-refractivity contribution in [2.75, 3.05) is 10.6 Å². The standard InChI is InChI=1S/C22H23F3N6/c1-21(2,3)31-19-12-18(27-14-9-10-26-16(11-14)13-7-8-13)29-20(30-19)15-5-4-6-17(28-15)22(23,24)25/h4-6,9-13H,7-8H2,1-3H3,(H2,26,27,29,30,31). The van der Waals surface area contributed by atoms with E-state index in [2.05, 4.69) is 30.6 Å². The normalized spacial score (nSPS) is 14.4. The Labute approximate surface area is 178 Å². The average molecular weight is 428 g/mol. The van der Waals surface area contributed by atoms with E-state index in [4.69, 9.17) is 0 Å². The smallest absolute Gasteiger partial charge is 0.365 e. The fourth-order valence-electron chi connectivity index (χ4n) is 3.07. The van der Waals surface area contributed by atoms with Crippen molar-refractivity contribution in [3.63, 3.8) is 0 Å². The highest BCUT2D eigenvalue weighted by Gasteiger charge is 2.32.